The van der Waals surface area contributed by atoms with Crippen LogP contribution in [-0.2, 0) is 10.2 Å². The minimum atomic E-state index is 0.0905. The van der Waals surface area contributed by atoms with E-state index < -0.39 is 0 Å². The third-order valence-electron chi connectivity index (χ3n) is 5.50. The van der Waals surface area contributed by atoms with E-state index in [1.807, 2.05) is 6.07 Å². The molecule has 0 unspecified atom stereocenters. The van der Waals surface area contributed by atoms with Crippen LogP contribution in [-0.4, -0.2) is 43.3 Å². The molecule has 1 atom stereocenters. The Morgan fingerprint density at radius 3 is 2.91 bits per heavy atom. The SMILES string of the molecule is C[C@H]1CCCN1CC(=O)NCC1(c2ccc3c(c2)OCO3)CC1. The maximum absolute atomic E-state index is 12.2. The quantitative estimate of drug-likeness (QED) is 0.903. The maximum Gasteiger partial charge on any atom is 0.234 e. The first-order valence-corrected chi connectivity index (χ1v) is 8.57. The van der Waals surface area contributed by atoms with Crippen LogP contribution in [0.5, 0.6) is 11.5 Å². The highest BCUT2D eigenvalue weighted by Crippen LogP contribution is 2.49. The number of ether oxygens (including phenoxy) is 2. The van der Waals surface area contributed by atoms with Gasteiger partial charge >= 0.3 is 0 Å². The highest BCUT2D eigenvalue weighted by Gasteiger charge is 2.45. The number of carbonyl (C=O) groups excluding carboxylic acids is 1. The van der Waals surface area contributed by atoms with Crippen LogP contribution in [0.15, 0.2) is 18.2 Å². The minimum absolute atomic E-state index is 0.0905. The molecule has 4 rings (SSSR count). The molecule has 2 aliphatic heterocycles. The summed E-state index contributed by atoms with van der Waals surface area (Å²) in [5.41, 5.74) is 1.34. The predicted octanol–water partition coefficient (Wildman–Crippen LogP) is 2.05. The van der Waals surface area contributed by atoms with E-state index in [1.54, 1.807) is 0 Å². The number of rotatable bonds is 5. The number of hydrogen-bond donors (Lipinski definition) is 1. The number of amides is 1. The first-order chi connectivity index (χ1) is 11.2. The molecule has 1 aromatic rings. The Labute approximate surface area is 136 Å². The smallest absolute Gasteiger partial charge is 0.234 e. The fraction of sp³-hybridized carbons (Fsp3) is 0.611. The lowest BCUT2D eigenvalue weighted by Crippen LogP contribution is -2.41. The molecule has 0 radical (unpaired) electrons. The fourth-order valence-corrected chi connectivity index (χ4v) is 3.68. The van der Waals surface area contributed by atoms with Crippen molar-refractivity contribution in [2.75, 3.05) is 26.4 Å². The molecule has 3 aliphatic rings. The summed E-state index contributed by atoms with van der Waals surface area (Å²) in [4.78, 5) is 14.5. The van der Waals surface area contributed by atoms with Crippen molar-refractivity contribution in [3.05, 3.63) is 23.8 Å². The molecule has 23 heavy (non-hydrogen) atoms. The molecule has 1 amide bonds. The number of hydrogen-bond acceptors (Lipinski definition) is 4. The molecule has 2 heterocycles. The van der Waals surface area contributed by atoms with Crippen LogP contribution in [0.3, 0.4) is 0 Å². The first kappa shape index (κ1) is 14.8. The van der Waals surface area contributed by atoms with Gasteiger partial charge in [0.2, 0.25) is 12.7 Å². The summed E-state index contributed by atoms with van der Waals surface area (Å²) in [5, 5.41) is 3.15. The van der Waals surface area contributed by atoms with Crippen molar-refractivity contribution in [1.29, 1.82) is 0 Å². The number of fused-ring (bicyclic) bond motifs is 1. The van der Waals surface area contributed by atoms with Crippen molar-refractivity contribution >= 4 is 5.91 Å². The van der Waals surface area contributed by atoms with Crippen molar-refractivity contribution in [2.24, 2.45) is 0 Å². The van der Waals surface area contributed by atoms with Crippen molar-refractivity contribution in [3.8, 4) is 11.5 Å². The summed E-state index contributed by atoms with van der Waals surface area (Å²) in [5.74, 6) is 1.79. The molecular weight excluding hydrogens is 292 g/mol. The molecule has 124 valence electrons. The zero-order valence-electron chi connectivity index (χ0n) is 13.6. The molecule has 5 heteroatoms. The van der Waals surface area contributed by atoms with E-state index in [-0.39, 0.29) is 11.3 Å². The van der Waals surface area contributed by atoms with Gasteiger partial charge in [-0.1, -0.05) is 6.07 Å². The number of nitrogens with zero attached hydrogens (tertiary/aromatic N) is 1. The topological polar surface area (TPSA) is 50.8 Å². The first-order valence-electron chi connectivity index (χ1n) is 8.57. The average Bonchev–Trinajstić information content (AvgIpc) is 3.01. The Balaban J connectivity index is 1.36. The van der Waals surface area contributed by atoms with Gasteiger partial charge in [0.05, 0.1) is 6.54 Å². The lowest BCUT2D eigenvalue weighted by atomic mass is 9.95. The van der Waals surface area contributed by atoms with Crippen molar-refractivity contribution in [3.63, 3.8) is 0 Å². The summed E-state index contributed by atoms with van der Waals surface area (Å²) < 4.78 is 10.8. The molecule has 1 aromatic carbocycles. The molecule has 0 aromatic heterocycles. The molecular formula is C18H24N2O3. The number of carbonyl (C=O) groups is 1. The summed E-state index contributed by atoms with van der Waals surface area (Å²) in [6, 6.07) is 6.69. The van der Waals surface area contributed by atoms with Crippen LogP contribution in [0, 0.1) is 0 Å². The van der Waals surface area contributed by atoms with Crippen molar-refractivity contribution < 1.29 is 14.3 Å². The van der Waals surface area contributed by atoms with E-state index in [0.717, 1.165) is 30.9 Å². The molecule has 1 aliphatic carbocycles. The lowest BCUT2D eigenvalue weighted by Gasteiger charge is -2.22. The third-order valence-corrected chi connectivity index (χ3v) is 5.50. The van der Waals surface area contributed by atoms with Crippen LogP contribution in [0.25, 0.3) is 0 Å². The van der Waals surface area contributed by atoms with E-state index in [0.29, 0.717) is 25.9 Å². The van der Waals surface area contributed by atoms with E-state index in [1.165, 1.54) is 18.4 Å². The van der Waals surface area contributed by atoms with Crippen LogP contribution < -0.4 is 14.8 Å². The van der Waals surface area contributed by atoms with E-state index in [4.69, 9.17) is 9.47 Å². The zero-order valence-corrected chi connectivity index (χ0v) is 13.6. The lowest BCUT2D eigenvalue weighted by molar-refractivity contribution is -0.122. The molecule has 1 saturated heterocycles. The second kappa shape index (κ2) is 5.71. The van der Waals surface area contributed by atoms with Crippen LogP contribution in [0.2, 0.25) is 0 Å². The van der Waals surface area contributed by atoms with Crippen LogP contribution >= 0.6 is 0 Å². The van der Waals surface area contributed by atoms with Gasteiger partial charge < -0.3 is 14.8 Å². The Morgan fingerprint density at radius 1 is 1.35 bits per heavy atom. The van der Waals surface area contributed by atoms with E-state index in [2.05, 4.69) is 29.3 Å². The van der Waals surface area contributed by atoms with Crippen LogP contribution in [0.4, 0.5) is 0 Å². The van der Waals surface area contributed by atoms with E-state index in [9.17, 15) is 4.79 Å². The number of nitrogens with one attached hydrogen (secondary N) is 1. The maximum atomic E-state index is 12.2. The summed E-state index contributed by atoms with van der Waals surface area (Å²) >= 11 is 0. The molecule has 2 fully saturated rings. The summed E-state index contributed by atoms with van der Waals surface area (Å²) in [7, 11) is 0. The molecule has 0 spiro atoms. The fourth-order valence-electron chi connectivity index (χ4n) is 3.68. The third kappa shape index (κ3) is 2.90. The van der Waals surface area contributed by atoms with E-state index >= 15 is 0 Å². The van der Waals surface area contributed by atoms with Gasteiger partial charge in [-0.05, 0) is 56.8 Å². The minimum Gasteiger partial charge on any atom is -0.454 e. The standard InChI is InChI=1S/C18H24N2O3/c1-13-3-2-8-20(13)10-17(21)19-11-18(6-7-18)14-4-5-15-16(9-14)23-12-22-15/h4-5,9,13H,2-3,6-8,10-12H2,1H3,(H,19,21)/t13-/m0/s1. The Bertz CT molecular complexity index is 612. The highest BCUT2D eigenvalue weighted by atomic mass is 16.7. The number of benzene rings is 1. The Hall–Kier alpha value is -1.75. The largest absolute Gasteiger partial charge is 0.454 e. The van der Waals surface area contributed by atoms with Gasteiger partial charge in [0.1, 0.15) is 0 Å². The molecule has 1 N–H and O–H groups in total. The van der Waals surface area contributed by atoms with Crippen molar-refractivity contribution in [2.45, 2.75) is 44.1 Å². The van der Waals surface area contributed by atoms with Gasteiger partial charge in [0.15, 0.2) is 11.5 Å². The average molecular weight is 316 g/mol. The summed E-state index contributed by atoms with van der Waals surface area (Å²) in [6.07, 6.45) is 4.64. The van der Waals surface area contributed by atoms with Gasteiger partial charge in [-0.2, -0.15) is 0 Å². The van der Waals surface area contributed by atoms with Gasteiger partial charge in [-0.15, -0.1) is 0 Å². The Kier molecular flexibility index (Phi) is 3.68. The number of likely N-dealkylation sites (tertiary alicyclic amines) is 1. The summed E-state index contributed by atoms with van der Waals surface area (Å²) in [6.45, 7) is 4.79. The molecule has 0 bridgehead atoms. The molecule has 5 nitrogen and oxygen atoms in total. The normalized spacial score (nSPS) is 24.7. The van der Waals surface area contributed by atoms with Gasteiger partial charge in [0, 0.05) is 18.0 Å². The Morgan fingerprint density at radius 2 is 2.17 bits per heavy atom. The highest BCUT2D eigenvalue weighted by molar-refractivity contribution is 5.78. The van der Waals surface area contributed by atoms with Crippen molar-refractivity contribution in [1.82, 2.24) is 10.2 Å². The molecule has 1 saturated carbocycles. The second-order valence-corrected chi connectivity index (χ2v) is 7.09. The predicted molar refractivity (Wildman–Crippen MR) is 86.8 cm³/mol. The second-order valence-electron chi connectivity index (χ2n) is 7.09. The van der Waals surface area contributed by atoms with Gasteiger partial charge in [-0.25, -0.2) is 0 Å². The van der Waals surface area contributed by atoms with Gasteiger partial charge in [0.25, 0.3) is 0 Å². The zero-order chi connectivity index (χ0) is 15.9. The van der Waals surface area contributed by atoms with Crippen LogP contribution in [0.1, 0.15) is 38.2 Å². The monoisotopic (exact) mass is 316 g/mol. The van der Waals surface area contributed by atoms with Gasteiger partial charge in [-0.3, -0.25) is 9.69 Å².